The Morgan fingerprint density at radius 1 is 1.14 bits per heavy atom. The maximum absolute atomic E-state index is 14.0. The van der Waals surface area contributed by atoms with Gasteiger partial charge in [0.1, 0.15) is 11.6 Å². The lowest BCUT2D eigenvalue weighted by atomic mass is 9.96. The highest BCUT2D eigenvalue weighted by Crippen LogP contribution is 2.27. The molecule has 0 heterocycles. The summed E-state index contributed by atoms with van der Waals surface area (Å²) in [7, 11) is 1.63. The molecule has 0 spiro atoms. The molecule has 0 aliphatic heterocycles. The van der Waals surface area contributed by atoms with E-state index in [0.29, 0.717) is 12.0 Å². The minimum atomic E-state index is -0.305. The molecule has 1 atom stereocenters. The van der Waals surface area contributed by atoms with E-state index in [-0.39, 0.29) is 11.9 Å². The quantitative estimate of drug-likeness (QED) is 0.656. The average Bonchev–Trinajstić information content (AvgIpc) is 2.47. The number of hydrogen-bond acceptors (Lipinski definition) is 3. The first kappa shape index (κ1) is 15.5. The summed E-state index contributed by atoms with van der Waals surface area (Å²) in [6.45, 7) is 3.95. The Morgan fingerprint density at radius 3 is 2.48 bits per heavy atom. The Labute approximate surface area is 124 Å². The third-order valence-corrected chi connectivity index (χ3v) is 3.59. The summed E-state index contributed by atoms with van der Waals surface area (Å²) in [5.74, 6) is 6.18. The van der Waals surface area contributed by atoms with Gasteiger partial charge in [-0.15, -0.1) is 0 Å². The van der Waals surface area contributed by atoms with Crippen molar-refractivity contribution in [3.8, 4) is 5.75 Å². The summed E-state index contributed by atoms with van der Waals surface area (Å²) in [5.41, 5.74) is 6.42. The molecule has 3 N–H and O–H groups in total. The number of rotatable bonds is 5. The average molecular weight is 288 g/mol. The van der Waals surface area contributed by atoms with Gasteiger partial charge in [-0.25, -0.2) is 4.39 Å². The third-order valence-electron chi connectivity index (χ3n) is 3.59. The number of hydrogen-bond donors (Lipinski definition) is 2. The molecule has 3 nitrogen and oxygen atoms in total. The van der Waals surface area contributed by atoms with Crippen molar-refractivity contribution < 1.29 is 9.13 Å². The van der Waals surface area contributed by atoms with Gasteiger partial charge in [0.25, 0.3) is 0 Å². The van der Waals surface area contributed by atoms with E-state index in [1.165, 1.54) is 6.07 Å². The van der Waals surface area contributed by atoms with E-state index < -0.39 is 0 Å². The maximum atomic E-state index is 14.0. The van der Waals surface area contributed by atoms with Gasteiger partial charge in [-0.2, -0.15) is 0 Å². The van der Waals surface area contributed by atoms with E-state index in [1.54, 1.807) is 13.2 Å². The molecule has 21 heavy (non-hydrogen) atoms. The first-order valence-corrected chi connectivity index (χ1v) is 6.91. The normalized spacial score (nSPS) is 12.2. The molecule has 0 saturated carbocycles. The fourth-order valence-electron chi connectivity index (χ4n) is 2.48. The van der Waals surface area contributed by atoms with Crippen molar-refractivity contribution in [3.05, 3.63) is 64.5 Å². The van der Waals surface area contributed by atoms with Gasteiger partial charge in [-0.1, -0.05) is 35.4 Å². The van der Waals surface area contributed by atoms with Gasteiger partial charge in [0.2, 0.25) is 0 Å². The Balaban J connectivity index is 2.35. The highest BCUT2D eigenvalue weighted by Gasteiger charge is 2.17. The van der Waals surface area contributed by atoms with Crippen LogP contribution in [0.4, 0.5) is 4.39 Å². The predicted octanol–water partition coefficient (Wildman–Crippen LogP) is 3.20. The van der Waals surface area contributed by atoms with E-state index in [1.807, 2.05) is 38.1 Å². The van der Waals surface area contributed by atoms with Gasteiger partial charge in [0, 0.05) is 5.56 Å². The second kappa shape index (κ2) is 6.70. The zero-order chi connectivity index (χ0) is 15.4. The van der Waals surface area contributed by atoms with Crippen molar-refractivity contribution in [3.63, 3.8) is 0 Å². The number of halogens is 1. The minimum absolute atomic E-state index is 0.254. The van der Waals surface area contributed by atoms with Gasteiger partial charge < -0.3 is 4.74 Å². The Kier molecular flexibility index (Phi) is 4.94. The Hall–Kier alpha value is -1.91. The fourth-order valence-corrected chi connectivity index (χ4v) is 2.48. The largest absolute Gasteiger partial charge is 0.496 e. The van der Waals surface area contributed by atoms with Crippen LogP contribution in [0.1, 0.15) is 28.3 Å². The van der Waals surface area contributed by atoms with Crippen LogP contribution in [-0.2, 0) is 6.42 Å². The molecule has 112 valence electrons. The van der Waals surface area contributed by atoms with Crippen LogP contribution in [0.2, 0.25) is 0 Å². The first-order valence-electron chi connectivity index (χ1n) is 6.91. The summed E-state index contributed by atoms with van der Waals surface area (Å²) < 4.78 is 19.4. The van der Waals surface area contributed by atoms with Crippen LogP contribution in [0.15, 0.2) is 36.4 Å². The van der Waals surface area contributed by atoms with Crippen molar-refractivity contribution >= 4 is 0 Å². The summed E-state index contributed by atoms with van der Waals surface area (Å²) in [4.78, 5) is 0. The van der Waals surface area contributed by atoms with Gasteiger partial charge >= 0.3 is 0 Å². The number of ether oxygens (including phenoxy) is 1. The molecule has 0 radical (unpaired) electrons. The van der Waals surface area contributed by atoms with Crippen LogP contribution in [0.25, 0.3) is 0 Å². The second-order valence-electron chi connectivity index (χ2n) is 5.26. The van der Waals surface area contributed by atoms with Crippen LogP contribution in [0, 0.1) is 19.7 Å². The van der Waals surface area contributed by atoms with E-state index in [0.717, 1.165) is 22.4 Å². The Morgan fingerprint density at radius 2 is 1.81 bits per heavy atom. The summed E-state index contributed by atoms with van der Waals surface area (Å²) in [6.07, 6.45) is 0.557. The molecule has 0 amide bonds. The fraction of sp³-hybridized carbons (Fsp3) is 0.294. The SMILES string of the molecule is COc1ccc(C)cc1CC(NN)c1cc(C)ccc1F. The molecule has 0 aliphatic rings. The van der Waals surface area contributed by atoms with E-state index in [9.17, 15) is 4.39 Å². The second-order valence-corrected chi connectivity index (χ2v) is 5.26. The lowest BCUT2D eigenvalue weighted by molar-refractivity contribution is 0.404. The summed E-state index contributed by atoms with van der Waals surface area (Å²) in [5, 5.41) is 0. The van der Waals surface area contributed by atoms with Crippen molar-refractivity contribution in [2.75, 3.05) is 7.11 Å². The monoisotopic (exact) mass is 288 g/mol. The molecule has 0 fully saturated rings. The molecule has 2 aromatic rings. The van der Waals surface area contributed by atoms with Crippen molar-refractivity contribution in [1.82, 2.24) is 5.43 Å². The van der Waals surface area contributed by atoms with E-state index in [2.05, 4.69) is 5.43 Å². The molecule has 0 aliphatic carbocycles. The van der Waals surface area contributed by atoms with Crippen LogP contribution >= 0.6 is 0 Å². The summed E-state index contributed by atoms with van der Waals surface area (Å²) >= 11 is 0. The molecule has 0 saturated heterocycles. The molecule has 2 aromatic carbocycles. The summed E-state index contributed by atoms with van der Waals surface area (Å²) in [6, 6.07) is 10.7. The van der Waals surface area contributed by atoms with Gasteiger partial charge in [0.15, 0.2) is 0 Å². The topological polar surface area (TPSA) is 47.3 Å². The number of nitrogens with one attached hydrogen (secondary N) is 1. The molecular formula is C17H21FN2O. The maximum Gasteiger partial charge on any atom is 0.128 e. The standard InChI is InChI=1S/C17H21FN2O/c1-11-5-7-17(21-3)13(8-11)10-16(20-19)14-9-12(2)4-6-15(14)18/h4-9,16,20H,10,19H2,1-3H3. The Bertz CT molecular complexity index is 628. The number of hydrazine groups is 1. The lowest BCUT2D eigenvalue weighted by Gasteiger charge is -2.19. The lowest BCUT2D eigenvalue weighted by Crippen LogP contribution is -2.30. The highest BCUT2D eigenvalue weighted by molar-refractivity contribution is 5.39. The first-order chi connectivity index (χ1) is 10.0. The van der Waals surface area contributed by atoms with E-state index in [4.69, 9.17) is 10.6 Å². The van der Waals surface area contributed by atoms with Gasteiger partial charge in [0.05, 0.1) is 13.2 Å². The van der Waals surface area contributed by atoms with Crippen LogP contribution < -0.4 is 16.0 Å². The van der Waals surface area contributed by atoms with Gasteiger partial charge in [-0.05, 0) is 38.0 Å². The molecule has 0 bridgehead atoms. The third kappa shape index (κ3) is 3.60. The molecule has 2 rings (SSSR count). The number of benzene rings is 2. The van der Waals surface area contributed by atoms with Crippen LogP contribution in [0.5, 0.6) is 5.75 Å². The zero-order valence-electron chi connectivity index (χ0n) is 12.6. The zero-order valence-corrected chi connectivity index (χ0v) is 12.6. The predicted molar refractivity (Wildman–Crippen MR) is 82.6 cm³/mol. The minimum Gasteiger partial charge on any atom is -0.496 e. The van der Waals surface area contributed by atoms with Crippen LogP contribution in [-0.4, -0.2) is 7.11 Å². The van der Waals surface area contributed by atoms with Crippen molar-refractivity contribution in [2.45, 2.75) is 26.3 Å². The highest BCUT2D eigenvalue weighted by atomic mass is 19.1. The van der Waals surface area contributed by atoms with Crippen molar-refractivity contribution in [1.29, 1.82) is 0 Å². The number of nitrogens with two attached hydrogens (primary N) is 1. The molecule has 0 aromatic heterocycles. The molecular weight excluding hydrogens is 267 g/mol. The van der Waals surface area contributed by atoms with E-state index >= 15 is 0 Å². The van der Waals surface area contributed by atoms with Gasteiger partial charge in [-0.3, -0.25) is 11.3 Å². The smallest absolute Gasteiger partial charge is 0.128 e. The van der Waals surface area contributed by atoms with Crippen molar-refractivity contribution in [2.24, 2.45) is 5.84 Å². The number of aryl methyl sites for hydroxylation is 2. The number of methoxy groups -OCH3 is 1. The molecule has 1 unspecified atom stereocenters. The molecule has 4 heteroatoms. The van der Waals surface area contributed by atoms with Crippen LogP contribution in [0.3, 0.4) is 0 Å².